The highest BCUT2D eigenvalue weighted by molar-refractivity contribution is 6.11. The van der Waals surface area contributed by atoms with Gasteiger partial charge in [0.2, 0.25) is 0 Å². The van der Waals surface area contributed by atoms with Gasteiger partial charge >= 0.3 is 0 Å². The van der Waals surface area contributed by atoms with Crippen LogP contribution in [-0.4, -0.2) is 4.57 Å². The summed E-state index contributed by atoms with van der Waals surface area (Å²) in [6, 6.07) is 50.9. The second kappa shape index (κ2) is 10.5. The van der Waals surface area contributed by atoms with Crippen molar-refractivity contribution >= 4 is 21.8 Å². The topological polar surface area (TPSA) is 61.7 Å². The van der Waals surface area contributed by atoms with E-state index in [1.807, 2.05) is 36.4 Å². The van der Waals surface area contributed by atoms with Gasteiger partial charge in [0, 0.05) is 10.8 Å². The zero-order chi connectivity index (χ0) is 28.5. The Kier molecular flexibility index (Phi) is 6.21. The van der Waals surface area contributed by atoms with Gasteiger partial charge in [-0.1, -0.05) is 84.9 Å². The maximum atomic E-state index is 9.48. The minimum absolute atomic E-state index is 0.375. The number of nitrogens with zero attached hydrogens (tertiary/aromatic N) is 3. The van der Waals surface area contributed by atoms with Crippen molar-refractivity contribution in [2.45, 2.75) is 0 Å². The van der Waals surface area contributed by atoms with Crippen LogP contribution in [-0.2, 0) is 0 Å². The molecule has 7 rings (SSSR count). The molecule has 0 spiro atoms. The molecule has 1 heterocycles. The summed E-state index contributed by atoms with van der Waals surface area (Å²) in [5.74, 6) is 1.06. The van der Waals surface area contributed by atoms with E-state index < -0.39 is 0 Å². The van der Waals surface area contributed by atoms with E-state index in [9.17, 15) is 10.5 Å². The molecule has 1 aromatic heterocycles. The summed E-state index contributed by atoms with van der Waals surface area (Å²) >= 11 is 0. The van der Waals surface area contributed by atoms with Crippen molar-refractivity contribution in [1.29, 1.82) is 10.5 Å². The fourth-order valence-corrected chi connectivity index (χ4v) is 5.55. The molecule has 0 aliphatic rings. The molecule has 42 heavy (non-hydrogen) atoms. The Morgan fingerprint density at radius 2 is 0.976 bits per heavy atom. The average Bonchev–Trinajstić information content (AvgIpc) is 3.38. The predicted octanol–water partition coefficient (Wildman–Crippen LogP) is 9.65. The third kappa shape index (κ3) is 4.44. The minimum Gasteiger partial charge on any atom is -0.455 e. The summed E-state index contributed by atoms with van der Waals surface area (Å²) in [5.41, 5.74) is 8.33. The summed E-state index contributed by atoms with van der Waals surface area (Å²) in [4.78, 5) is 0. The largest absolute Gasteiger partial charge is 0.455 e. The number of hydrogen-bond donors (Lipinski definition) is 0. The van der Waals surface area contributed by atoms with Crippen molar-refractivity contribution < 1.29 is 4.74 Å². The zero-order valence-electron chi connectivity index (χ0n) is 22.5. The highest BCUT2D eigenvalue weighted by atomic mass is 16.5. The van der Waals surface area contributed by atoms with E-state index in [2.05, 4.69) is 102 Å². The standard InChI is InChI=1S/C38H23N3O/c39-24-26-19-27(25-40)21-32(20-26)42-38-14-8-7-13-37(38)41-35-17-15-30(28-9-3-1-4-10-28)22-33(35)34-23-31(16-18-36(34)41)29-11-5-2-6-12-29/h1-23H. The Bertz CT molecular complexity index is 2050. The Morgan fingerprint density at radius 1 is 0.476 bits per heavy atom. The minimum atomic E-state index is 0.375. The molecule has 0 aliphatic carbocycles. The van der Waals surface area contributed by atoms with E-state index in [1.165, 1.54) is 0 Å². The molecule has 0 unspecified atom stereocenters. The van der Waals surface area contributed by atoms with E-state index >= 15 is 0 Å². The van der Waals surface area contributed by atoms with Crippen LogP contribution in [0.1, 0.15) is 11.1 Å². The maximum Gasteiger partial charge on any atom is 0.151 e. The number of hydrogen-bond acceptors (Lipinski definition) is 3. The van der Waals surface area contributed by atoms with Gasteiger partial charge < -0.3 is 9.30 Å². The first-order chi connectivity index (χ1) is 20.7. The van der Waals surface area contributed by atoms with Gasteiger partial charge in [0.1, 0.15) is 5.75 Å². The molecule has 0 saturated heterocycles. The number of rotatable bonds is 5. The molecule has 7 aromatic rings. The molecule has 0 amide bonds. The summed E-state index contributed by atoms with van der Waals surface area (Å²) in [6.07, 6.45) is 0. The molecule has 0 N–H and O–H groups in total. The van der Waals surface area contributed by atoms with Crippen LogP contribution in [0.25, 0.3) is 49.7 Å². The second-order valence-corrected chi connectivity index (χ2v) is 10.1. The maximum absolute atomic E-state index is 9.48. The highest BCUT2D eigenvalue weighted by Crippen LogP contribution is 2.40. The van der Waals surface area contributed by atoms with Gasteiger partial charge in [-0.15, -0.1) is 0 Å². The van der Waals surface area contributed by atoms with Gasteiger partial charge in [-0.05, 0) is 76.9 Å². The molecule has 0 atom stereocenters. The van der Waals surface area contributed by atoms with Crippen molar-refractivity contribution in [3.8, 4) is 51.6 Å². The summed E-state index contributed by atoms with van der Waals surface area (Å²) in [5, 5.41) is 21.2. The van der Waals surface area contributed by atoms with Gasteiger partial charge in [0.15, 0.2) is 5.75 Å². The number of para-hydroxylation sites is 2. The van der Waals surface area contributed by atoms with E-state index in [0.29, 0.717) is 22.6 Å². The van der Waals surface area contributed by atoms with Crippen molar-refractivity contribution in [2.75, 3.05) is 0 Å². The van der Waals surface area contributed by atoms with E-state index in [4.69, 9.17) is 4.74 Å². The third-order valence-electron chi connectivity index (χ3n) is 7.48. The lowest BCUT2D eigenvalue weighted by Crippen LogP contribution is -1.98. The molecular weight excluding hydrogens is 514 g/mol. The molecule has 0 bridgehead atoms. The summed E-state index contributed by atoms with van der Waals surface area (Å²) in [7, 11) is 0. The van der Waals surface area contributed by atoms with E-state index in [-0.39, 0.29) is 0 Å². The first kappa shape index (κ1) is 24.9. The van der Waals surface area contributed by atoms with Gasteiger partial charge in [0.25, 0.3) is 0 Å². The van der Waals surface area contributed by atoms with Crippen molar-refractivity contribution in [1.82, 2.24) is 4.57 Å². The van der Waals surface area contributed by atoms with Crippen LogP contribution in [0.3, 0.4) is 0 Å². The molecule has 4 heteroatoms. The van der Waals surface area contributed by atoms with E-state index in [1.54, 1.807) is 18.2 Å². The van der Waals surface area contributed by atoms with Crippen molar-refractivity contribution in [3.63, 3.8) is 0 Å². The fourth-order valence-electron chi connectivity index (χ4n) is 5.55. The Hall–Kier alpha value is -6.10. The molecular formula is C38H23N3O. The van der Waals surface area contributed by atoms with Crippen LogP contribution in [0, 0.1) is 22.7 Å². The molecule has 196 valence electrons. The van der Waals surface area contributed by atoms with Gasteiger partial charge in [-0.2, -0.15) is 10.5 Å². The number of nitriles is 2. The SMILES string of the molecule is N#Cc1cc(C#N)cc(Oc2ccccc2-n2c3ccc(-c4ccccc4)cc3c3cc(-c4ccccc4)ccc32)c1. The van der Waals surface area contributed by atoms with Crippen LogP contribution in [0.15, 0.2) is 140 Å². The predicted molar refractivity (Wildman–Crippen MR) is 168 cm³/mol. The number of benzene rings is 6. The number of fused-ring (bicyclic) bond motifs is 3. The quantitative estimate of drug-likeness (QED) is 0.220. The lowest BCUT2D eigenvalue weighted by atomic mass is 10.0. The molecule has 0 aliphatic heterocycles. The normalized spacial score (nSPS) is 10.8. The first-order valence-corrected chi connectivity index (χ1v) is 13.6. The van der Waals surface area contributed by atoms with Gasteiger partial charge in [-0.3, -0.25) is 0 Å². The summed E-state index contributed by atoms with van der Waals surface area (Å²) in [6.45, 7) is 0. The molecule has 6 aromatic carbocycles. The lowest BCUT2D eigenvalue weighted by molar-refractivity contribution is 0.480. The number of ether oxygens (including phenoxy) is 1. The van der Waals surface area contributed by atoms with Crippen LogP contribution in [0.4, 0.5) is 0 Å². The Morgan fingerprint density at radius 3 is 1.50 bits per heavy atom. The van der Waals surface area contributed by atoms with Crippen LogP contribution < -0.4 is 4.74 Å². The Labute approximate surface area is 243 Å². The highest BCUT2D eigenvalue weighted by Gasteiger charge is 2.18. The van der Waals surface area contributed by atoms with Gasteiger partial charge in [0.05, 0.1) is 40.0 Å². The van der Waals surface area contributed by atoms with Gasteiger partial charge in [-0.25, -0.2) is 0 Å². The molecule has 4 nitrogen and oxygen atoms in total. The molecule has 0 saturated carbocycles. The van der Waals surface area contributed by atoms with Crippen LogP contribution >= 0.6 is 0 Å². The first-order valence-electron chi connectivity index (χ1n) is 13.6. The van der Waals surface area contributed by atoms with Crippen LogP contribution in [0.2, 0.25) is 0 Å². The lowest BCUT2D eigenvalue weighted by Gasteiger charge is -2.15. The van der Waals surface area contributed by atoms with Crippen molar-refractivity contribution in [3.05, 3.63) is 151 Å². The third-order valence-corrected chi connectivity index (χ3v) is 7.48. The second-order valence-electron chi connectivity index (χ2n) is 10.1. The van der Waals surface area contributed by atoms with E-state index in [0.717, 1.165) is 49.7 Å². The fraction of sp³-hybridized carbons (Fsp3) is 0. The monoisotopic (exact) mass is 537 g/mol. The smallest absolute Gasteiger partial charge is 0.151 e. The number of aromatic nitrogens is 1. The van der Waals surface area contributed by atoms with Crippen molar-refractivity contribution in [2.24, 2.45) is 0 Å². The van der Waals surface area contributed by atoms with Crippen LogP contribution in [0.5, 0.6) is 11.5 Å². The average molecular weight is 538 g/mol. The Balaban J connectivity index is 1.46. The zero-order valence-corrected chi connectivity index (χ0v) is 22.5. The molecule has 0 radical (unpaired) electrons. The molecule has 0 fully saturated rings. The summed E-state index contributed by atoms with van der Waals surface area (Å²) < 4.78 is 8.60.